The summed E-state index contributed by atoms with van der Waals surface area (Å²) in [6.07, 6.45) is 16.0. The van der Waals surface area contributed by atoms with Crippen molar-refractivity contribution in [3.63, 3.8) is 0 Å². The Labute approximate surface area is 549 Å². The Morgan fingerprint density at radius 1 is 0.457 bits per heavy atom. The van der Waals surface area contributed by atoms with Crippen molar-refractivity contribution in [3.05, 3.63) is 192 Å². The molecule has 6 aromatic rings. The number of aryl methyl sites for hydroxylation is 6. The fourth-order valence-electron chi connectivity index (χ4n) is 4.87. The minimum absolute atomic E-state index is 0. The van der Waals surface area contributed by atoms with Crippen LogP contribution in [0.3, 0.4) is 0 Å². The summed E-state index contributed by atoms with van der Waals surface area (Å²) in [7, 11) is 38.0. The zero-order valence-corrected chi connectivity index (χ0v) is 63.4. The molecule has 17 nitrogen and oxygen atoms in total. The van der Waals surface area contributed by atoms with Crippen LogP contribution in [0, 0.1) is 41.5 Å². The number of phenolic OH excluding ortho intramolecular Hbond substituents is 3. The molecular weight excluding hydrogens is 1310 g/mol. The standard InChI is InChI=1S/3C13H14N2O.C5H15NSi.C2H7N.6C2H6N.2ClH.3Zr/c3*1-10-7-11(2)13(16)12(8-10)9-14-15-5-3-4-6-15;1-6(2)7(3,4)5;7*1-3-2;;;;;/h3*3-9,16H,1-2H3;1-5H3;3H,1-2H3;6*1-2H3;2*1H;;;/q;;;;;6*-1;;;2*+2;+4/p-2/b14-9+;;;;;;;;;;;;;;;. The summed E-state index contributed by atoms with van der Waals surface area (Å²) >= 11 is -0.826. The predicted octanol–water partition coefficient (Wildman–Crippen LogP) is 14.4. The first-order valence-corrected chi connectivity index (χ1v) is 34.6. The van der Waals surface area contributed by atoms with E-state index in [-0.39, 0.29) is 52.4 Å². The molecule has 0 aliphatic rings. The van der Waals surface area contributed by atoms with Crippen LogP contribution >= 0.6 is 17.0 Å². The van der Waals surface area contributed by atoms with E-state index in [4.69, 9.17) is 17.0 Å². The molecule has 0 saturated carbocycles. The van der Waals surface area contributed by atoms with Gasteiger partial charge in [-0.3, -0.25) is 0 Å². The van der Waals surface area contributed by atoms with Crippen LogP contribution in [0.25, 0.3) is 31.9 Å². The summed E-state index contributed by atoms with van der Waals surface area (Å²) in [6.45, 7) is 18.6. The Bertz CT molecular complexity index is 2100. The van der Waals surface area contributed by atoms with Crippen LogP contribution < -0.4 is 5.32 Å². The first-order valence-electron chi connectivity index (χ1n) is 24.8. The average molecular weight is 1410 g/mol. The van der Waals surface area contributed by atoms with Crippen LogP contribution in [0.4, 0.5) is 0 Å². The number of nitrogens with zero attached hydrogens (tertiary/aromatic N) is 13. The van der Waals surface area contributed by atoms with E-state index in [0.717, 1.165) is 50.1 Å². The van der Waals surface area contributed by atoms with Crippen LogP contribution in [0.5, 0.6) is 17.2 Å². The van der Waals surface area contributed by atoms with Gasteiger partial charge in [-0.15, -0.1) is 0 Å². The fourth-order valence-corrected chi connectivity index (χ4v) is 4.87. The van der Waals surface area contributed by atoms with E-state index in [2.05, 4.69) is 90.8 Å². The zero-order chi connectivity index (χ0) is 62.4. The first-order chi connectivity index (χ1) is 37.3. The van der Waals surface area contributed by atoms with Crippen LogP contribution in [0.1, 0.15) is 50.1 Å². The number of phenols is 3. The van der Waals surface area contributed by atoms with Crippen molar-refractivity contribution in [2.24, 2.45) is 15.3 Å². The van der Waals surface area contributed by atoms with E-state index in [0.29, 0.717) is 17.2 Å². The number of nitrogens with one attached hydrogen (secondary N) is 1. The Morgan fingerprint density at radius 3 is 0.741 bits per heavy atom. The van der Waals surface area contributed by atoms with Crippen LogP contribution in [-0.4, -0.2) is 174 Å². The van der Waals surface area contributed by atoms with Crippen molar-refractivity contribution in [1.82, 2.24) is 23.9 Å². The van der Waals surface area contributed by atoms with Crippen LogP contribution in [0.2, 0.25) is 19.6 Å². The maximum absolute atomic E-state index is 9.85. The van der Waals surface area contributed by atoms with E-state index in [1.54, 1.807) is 117 Å². The SMILES string of the molecule is CN(C)[Si](C)(C)C.CNC.C[N-]C.C[N-]C.C[N-]C.C[N-]C.C[N-]C.C[N-]C.Cc1cc(C)c(O)c(/C=N/n2cccc2)c1.Cc1cc(C)c(O)c(C=Nn2cccc2)c1.Cc1cc(C)c(O)c(C=Nn2cccc2)c1.[Cl][Zr][Cl].[Zr+2].[Zr+4]. The molecule has 6 rings (SSSR count). The van der Waals surface area contributed by atoms with Gasteiger partial charge in [0.2, 0.25) is 0 Å². The van der Waals surface area contributed by atoms with Gasteiger partial charge in [0.05, 0.1) is 18.6 Å². The number of aromatic nitrogens is 3. The molecule has 3 heterocycles. The van der Waals surface area contributed by atoms with Gasteiger partial charge in [-0.1, -0.05) is 37.8 Å². The second kappa shape index (κ2) is 64.6. The van der Waals surface area contributed by atoms with Gasteiger partial charge < -0.3 is 57.1 Å². The second-order valence-electron chi connectivity index (χ2n) is 17.8. The summed E-state index contributed by atoms with van der Waals surface area (Å²) in [6, 6.07) is 23.0. The third-order valence-corrected chi connectivity index (χ3v) is 11.2. The molecule has 3 aromatic carbocycles. The van der Waals surface area contributed by atoms with E-state index >= 15 is 0 Å². The molecule has 0 saturated heterocycles. The van der Waals surface area contributed by atoms with E-state index < -0.39 is 29.1 Å². The molecule has 23 heteroatoms. The first kappa shape index (κ1) is 94.4. The topological polar surface area (TPSA) is 212 Å². The number of aromatic hydroxyl groups is 3. The van der Waals surface area contributed by atoms with Crippen molar-refractivity contribution in [1.29, 1.82) is 0 Å². The quantitative estimate of drug-likeness (QED) is 0.0905. The maximum Gasteiger partial charge on any atom is 4.00 e. The van der Waals surface area contributed by atoms with Gasteiger partial charge >= 0.3 is 90.3 Å². The minimum Gasteiger partial charge on any atom is 2.00 e. The van der Waals surface area contributed by atoms with Crippen molar-refractivity contribution in [3.8, 4) is 17.2 Å². The van der Waals surface area contributed by atoms with Crippen molar-refractivity contribution in [2.75, 3.05) is 113 Å². The third-order valence-electron chi connectivity index (χ3n) is 8.52. The van der Waals surface area contributed by atoms with Gasteiger partial charge in [0.1, 0.15) is 25.5 Å². The molecule has 3 aromatic heterocycles. The number of rotatable bonds is 7. The summed E-state index contributed by atoms with van der Waals surface area (Å²) in [5.74, 6) is 0.879. The monoisotopic (exact) mass is 1410 g/mol. The normalized spacial score (nSPS) is 9.43. The zero-order valence-electron chi connectivity index (χ0n) is 53.5. The molecule has 0 bridgehead atoms. The molecule has 0 radical (unpaired) electrons. The van der Waals surface area contributed by atoms with Gasteiger partial charge in [0.25, 0.3) is 0 Å². The predicted molar refractivity (Wildman–Crippen MR) is 350 cm³/mol. The van der Waals surface area contributed by atoms with E-state index in [9.17, 15) is 15.3 Å². The second-order valence-corrected chi connectivity index (χ2v) is 26.8. The summed E-state index contributed by atoms with van der Waals surface area (Å²) in [5, 5.41) is 65.9. The molecule has 0 aliphatic carbocycles. The molecule has 0 spiro atoms. The van der Waals surface area contributed by atoms with Crippen LogP contribution in [-0.2, 0) is 73.3 Å². The van der Waals surface area contributed by atoms with Crippen molar-refractivity contribution < 1.29 is 88.6 Å². The summed E-state index contributed by atoms with van der Waals surface area (Å²) < 4.78 is 7.40. The van der Waals surface area contributed by atoms with Crippen LogP contribution in [0.15, 0.2) is 125 Å². The molecular formula is C58H100Cl2N14O3SiZr3. The van der Waals surface area contributed by atoms with Crippen molar-refractivity contribution in [2.45, 2.75) is 61.2 Å². The third kappa shape index (κ3) is 57.3. The smallest absolute Gasteiger partial charge is 2.00 e. The number of halogens is 2. The Hall–Kier alpha value is -2.96. The Morgan fingerprint density at radius 2 is 0.605 bits per heavy atom. The van der Waals surface area contributed by atoms with E-state index in [1.165, 1.54) is 0 Å². The minimum atomic E-state index is -0.901. The molecule has 450 valence electrons. The van der Waals surface area contributed by atoms with Gasteiger partial charge in [0.15, 0.2) is 0 Å². The summed E-state index contributed by atoms with van der Waals surface area (Å²) in [4.78, 5) is 0. The maximum atomic E-state index is 9.85. The van der Waals surface area contributed by atoms with Gasteiger partial charge in [-0.2, -0.15) is 99.9 Å². The average Bonchev–Trinajstić information content (AvgIpc) is 4.20. The van der Waals surface area contributed by atoms with Gasteiger partial charge in [-0.25, -0.2) is 14.0 Å². The molecule has 4 N–H and O–H groups in total. The van der Waals surface area contributed by atoms with Crippen molar-refractivity contribution >= 4 is 43.9 Å². The number of benzene rings is 3. The molecule has 0 amide bonds. The number of hydrogen-bond acceptors (Lipinski definition) is 8. The molecule has 0 aliphatic heterocycles. The molecule has 81 heavy (non-hydrogen) atoms. The largest absolute Gasteiger partial charge is 4.00 e. The van der Waals surface area contributed by atoms with Gasteiger partial charge in [-0.05, 0) is 158 Å². The fraction of sp³-hybridized carbons (Fsp3) is 0.431. The molecule has 0 unspecified atom stereocenters. The molecule has 0 fully saturated rings. The summed E-state index contributed by atoms with van der Waals surface area (Å²) in [5.41, 5.74) is 8.18. The Balaban J connectivity index is -0.000000130. The Kier molecular flexibility index (Phi) is 75.3. The van der Waals surface area contributed by atoms with Gasteiger partial charge in [0, 0.05) is 53.9 Å². The number of hydrogen-bond donors (Lipinski definition) is 4. The molecule has 0 atom stereocenters. The van der Waals surface area contributed by atoms with E-state index in [1.807, 2.05) is 166 Å².